The van der Waals surface area contributed by atoms with E-state index in [0.29, 0.717) is 0 Å². The molecule has 0 aliphatic heterocycles. The van der Waals surface area contributed by atoms with Crippen molar-refractivity contribution in [3.8, 4) is 0 Å². The summed E-state index contributed by atoms with van der Waals surface area (Å²) in [6.45, 7) is 6.40. The first-order valence-electron chi connectivity index (χ1n) is 4.16. The highest BCUT2D eigenvalue weighted by molar-refractivity contribution is 8.68. The standard InChI is InChI=1S/C9H13NOS3/c1-9(2,3)7-5-4-6(13-7)8(11)10-14-12/h4-5,12H,1-3H3,(H,10,11). The van der Waals surface area contributed by atoms with Gasteiger partial charge in [-0.2, -0.15) is 0 Å². The Morgan fingerprint density at radius 2 is 2.14 bits per heavy atom. The van der Waals surface area contributed by atoms with Crippen LogP contribution < -0.4 is 4.72 Å². The molecule has 1 heterocycles. The van der Waals surface area contributed by atoms with Crippen molar-refractivity contribution < 1.29 is 4.79 Å². The van der Waals surface area contributed by atoms with Crippen LogP contribution in [0.25, 0.3) is 0 Å². The van der Waals surface area contributed by atoms with Crippen LogP contribution in [0.15, 0.2) is 12.1 Å². The minimum atomic E-state index is -0.0782. The van der Waals surface area contributed by atoms with Crippen molar-refractivity contribution in [1.29, 1.82) is 0 Å². The fourth-order valence-electron chi connectivity index (χ4n) is 0.955. The lowest BCUT2D eigenvalue weighted by Crippen LogP contribution is -2.12. The van der Waals surface area contributed by atoms with E-state index in [-0.39, 0.29) is 11.3 Å². The van der Waals surface area contributed by atoms with E-state index in [1.165, 1.54) is 16.2 Å². The highest BCUT2D eigenvalue weighted by Gasteiger charge is 2.18. The molecule has 0 fully saturated rings. The second-order valence-corrected chi connectivity index (χ2v) is 5.95. The number of thiol groups is 1. The summed E-state index contributed by atoms with van der Waals surface area (Å²) in [6, 6.07) is 3.85. The maximum absolute atomic E-state index is 11.4. The quantitative estimate of drug-likeness (QED) is 0.477. The second kappa shape index (κ2) is 4.59. The third kappa shape index (κ3) is 2.93. The van der Waals surface area contributed by atoms with Crippen LogP contribution in [0.1, 0.15) is 35.3 Å². The van der Waals surface area contributed by atoms with Crippen LogP contribution in [0.2, 0.25) is 0 Å². The van der Waals surface area contributed by atoms with E-state index >= 15 is 0 Å². The van der Waals surface area contributed by atoms with Gasteiger partial charge in [-0.1, -0.05) is 32.4 Å². The molecule has 0 aromatic carbocycles. The number of carbonyl (C=O) groups excluding carboxylic acids is 1. The third-order valence-corrected chi connectivity index (χ3v) is 3.77. The Morgan fingerprint density at radius 1 is 1.50 bits per heavy atom. The van der Waals surface area contributed by atoms with Crippen molar-refractivity contribution in [3.63, 3.8) is 0 Å². The summed E-state index contributed by atoms with van der Waals surface area (Å²) >= 11 is 5.39. The zero-order valence-corrected chi connectivity index (χ0v) is 10.9. The first-order chi connectivity index (χ1) is 6.45. The van der Waals surface area contributed by atoms with Gasteiger partial charge in [-0.3, -0.25) is 9.52 Å². The Labute approximate surface area is 97.4 Å². The van der Waals surface area contributed by atoms with Gasteiger partial charge in [0.15, 0.2) is 0 Å². The molecule has 0 atom stereocenters. The monoisotopic (exact) mass is 247 g/mol. The van der Waals surface area contributed by atoms with Gasteiger partial charge in [0.25, 0.3) is 5.91 Å². The van der Waals surface area contributed by atoms with Gasteiger partial charge in [-0.25, -0.2) is 0 Å². The van der Waals surface area contributed by atoms with E-state index in [4.69, 9.17) is 0 Å². The Bertz CT molecular complexity index is 327. The SMILES string of the molecule is CC(C)(C)c1ccc(C(=O)NSS)s1. The molecule has 0 spiro atoms. The smallest absolute Gasteiger partial charge is 0.271 e. The van der Waals surface area contributed by atoms with Gasteiger partial charge in [-0.05, 0) is 17.5 Å². The molecule has 1 N–H and O–H groups in total. The molecule has 0 saturated carbocycles. The maximum Gasteiger partial charge on any atom is 0.271 e. The molecule has 78 valence electrons. The Hall–Kier alpha value is -0.130. The van der Waals surface area contributed by atoms with Gasteiger partial charge in [0, 0.05) is 15.9 Å². The van der Waals surface area contributed by atoms with E-state index in [9.17, 15) is 4.79 Å². The van der Waals surface area contributed by atoms with E-state index in [2.05, 4.69) is 37.2 Å². The van der Waals surface area contributed by atoms with Crippen LogP contribution in [0.4, 0.5) is 0 Å². The molecule has 2 nitrogen and oxygen atoms in total. The van der Waals surface area contributed by atoms with Gasteiger partial charge >= 0.3 is 0 Å². The summed E-state index contributed by atoms with van der Waals surface area (Å²) in [5, 5.41) is 0. The van der Waals surface area contributed by atoms with Crippen LogP contribution in [-0.4, -0.2) is 5.91 Å². The number of rotatable bonds is 2. The minimum Gasteiger partial charge on any atom is -0.286 e. The fraction of sp³-hybridized carbons (Fsp3) is 0.444. The number of nitrogens with one attached hydrogen (secondary N) is 1. The molecule has 0 bridgehead atoms. The van der Waals surface area contributed by atoms with Crippen molar-refractivity contribution in [2.75, 3.05) is 0 Å². The fourth-order valence-corrected chi connectivity index (χ4v) is 2.42. The van der Waals surface area contributed by atoms with Crippen LogP contribution in [0.5, 0.6) is 0 Å². The topological polar surface area (TPSA) is 29.1 Å². The summed E-state index contributed by atoms with van der Waals surface area (Å²) < 4.78 is 2.58. The molecule has 1 amide bonds. The molecule has 5 heteroatoms. The zero-order valence-electron chi connectivity index (χ0n) is 8.33. The van der Waals surface area contributed by atoms with Crippen molar-refractivity contribution in [1.82, 2.24) is 4.72 Å². The van der Waals surface area contributed by atoms with E-state index in [1.54, 1.807) is 0 Å². The molecule has 14 heavy (non-hydrogen) atoms. The van der Waals surface area contributed by atoms with E-state index in [0.717, 1.165) is 15.9 Å². The average molecular weight is 247 g/mol. The van der Waals surface area contributed by atoms with Gasteiger partial charge < -0.3 is 0 Å². The summed E-state index contributed by atoms with van der Waals surface area (Å²) in [5.41, 5.74) is 0.108. The predicted molar refractivity (Wildman–Crippen MR) is 67.1 cm³/mol. The first kappa shape index (κ1) is 11.9. The summed E-state index contributed by atoms with van der Waals surface area (Å²) in [5.74, 6) is -0.0782. The maximum atomic E-state index is 11.4. The van der Waals surface area contributed by atoms with E-state index < -0.39 is 0 Å². The molecule has 0 saturated heterocycles. The minimum absolute atomic E-state index is 0.0782. The third-order valence-electron chi connectivity index (χ3n) is 1.71. The number of hydrogen-bond donors (Lipinski definition) is 2. The number of hydrogen-bond acceptors (Lipinski definition) is 4. The first-order valence-corrected chi connectivity index (χ1v) is 6.85. The Balaban J connectivity index is 2.83. The van der Waals surface area contributed by atoms with Gasteiger partial charge in [0.2, 0.25) is 0 Å². The lowest BCUT2D eigenvalue weighted by atomic mass is 9.95. The second-order valence-electron chi connectivity index (χ2n) is 3.94. The summed E-state index contributed by atoms with van der Waals surface area (Å²) in [4.78, 5) is 13.4. The lowest BCUT2D eigenvalue weighted by molar-refractivity contribution is 0.0989. The van der Waals surface area contributed by atoms with E-state index in [1.807, 2.05) is 12.1 Å². The Kier molecular flexibility index (Phi) is 3.92. The molecular formula is C9H13NOS3. The molecular weight excluding hydrogens is 234 g/mol. The number of amides is 1. The number of carbonyl (C=O) groups is 1. The molecule has 0 aliphatic rings. The molecule has 1 rings (SSSR count). The predicted octanol–water partition coefficient (Wildman–Crippen LogP) is 3.27. The van der Waals surface area contributed by atoms with Crippen LogP contribution >= 0.6 is 34.0 Å². The zero-order chi connectivity index (χ0) is 10.8. The van der Waals surface area contributed by atoms with Crippen LogP contribution in [0, 0.1) is 0 Å². The van der Waals surface area contributed by atoms with Crippen molar-refractivity contribution in [2.24, 2.45) is 0 Å². The van der Waals surface area contributed by atoms with Gasteiger partial charge in [0.1, 0.15) is 0 Å². The highest BCUT2D eigenvalue weighted by Crippen LogP contribution is 2.29. The van der Waals surface area contributed by atoms with Crippen molar-refractivity contribution >= 4 is 39.9 Å². The number of thiophene rings is 1. The summed E-state index contributed by atoms with van der Waals surface area (Å²) in [6.07, 6.45) is 0. The molecule has 0 unspecified atom stereocenters. The Morgan fingerprint density at radius 3 is 2.57 bits per heavy atom. The molecule has 0 aliphatic carbocycles. The lowest BCUT2D eigenvalue weighted by Gasteiger charge is -2.15. The molecule has 1 aromatic heterocycles. The van der Waals surface area contributed by atoms with Crippen molar-refractivity contribution in [3.05, 3.63) is 21.9 Å². The average Bonchev–Trinajstić information content (AvgIpc) is 2.51. The largest absolute Gasteiger partial charge is 0.286 e. The highest BCUT2D eigenvalue weighted by atomic mass is 33.1. The molecule has 0 radical (unpaired) electrons. The molecule has 1 aromatic rings. The van der Waals surface area contributed by atoms with Crippen molar-refractivity contribution in [2.45, 2.75) is 26.2 Å². The van der Waals surface area contributed by atoms with Crippen LogP contribution in [0.3, 0.4) is 0 Å². The summed E-state index contributed by atoms with van der Waals surface area (Å²) in [7, 11) is 1.02. The normalized spacial score (nSPS) is 11.4. The van der Waals surface area contributed by atoms with Gasteiger partial charge in [-0.15, -0.1) is 11.3 Å². The van der Waals surface area contributed by atoms with Crippen LogP contribution in [-0.2, 0) is 5.41 Å². The van der Waals surface area contributed by atoms with Gasteiger partial charge in [0.05, 0.1) is 4.88 Å².